The molecule has 0 heterocycles. The Balaban J connectivity index is 1.97. The topological polar surface area (TPSA) is 37.3 Å². The maximum Gasteiger partial charge on any atom is 0.309 e. The van der Waals surface area contributed by atoms with Crippen LogP contribution < -0.4 is 0 Å². The fourth-order valence-electron chi connectivity index (χ4n) is 6.44. The van der Waals surface area contributed by atoms with Crippen molar-refractivity contribution in [2.45, 2.75) is 58.8 Å². The van der Waals surface area contributed by atoms with Gasteiger partial charge in [-0.05, 0) is 68.6 Å². The zero-order valence-corrected chi connectivity index (χ0v) is 14.1. The molecule has 2 heteroatoms. The average molecular weight is 302 g/mol. The van der Waals surface area contributed by atoms with Crippen LogP contribution in [0.15, 0.2) is 24.8 Å². The van der Waals surface area contributed by atoms with Gasteiger partial charge in [0.2, 0.25) is 0 Å². The number of aliphatic carboxylic acids is 1. The first kappa shape index (κ1) is 15.8. The lowest BCUT2D eigenvalue weighted by molar-refractivity contribution is -0.172. The maximum atomic E-state index is 12.0. The second kappa shape index (κ2) is 5.25. The van der Waals surface area contributed by atoms with E-state index in [1.54, 1.807) is 0 Å². The fourth-order valence-corrected chi connectivity index (χ4v) is 6.44. The number of carboxylic acid groups (broad SMARTS) is 1. The van der Waals surface area contributed by atoms with E-state index in [1.165, 1.54) is 18.4 Å². The van der Waals surface area contributed by atoms with Crippen LogP contribution in [0.4, 0.5) is 0 Å². The minimum absolute atomic E-state index is 0.177. The molecule has 122 valence electrons. The smallest absolute Gasteiger partial charge is 0.309 e. The van der Waals surface area contributed by atoms with Gasteiger partial charge in [0.1, 0.15) is 0 Å². The second-order valence-electron chi connectivity index (χ2n) is 8.44. The Morgan fingerprint density at radius 2 is 2.00 bits per heavy atom. The molecule has 6 unspecified atom stereocenters. The maximum absolute atomic E-state index is 12.0. The molecule has 3 rings (SSSR count). The van der Waals surface area contributed by atoms with E-state index in [0.717, 1.165) is 32.1 Å². The summed E-state index contributed by atoms with van der Waals surface area (Å²) in [5.74, 6) is 1.45. The summed E-state index contributed by atoms with van der Waals surface area (Å²) in [6.07, 6.45) is 9.67. The van der Waals surface area contributed by atoms with Crippen molar-refractivity contribution >= 4 is 5.97 Å². The molecule has 2 nitrogen and oxygen atoms in total. The number of fused-ring (bicyclic) bond motifs is 3. The first-order chi connectivity index (χ1) is 10.3. The summed E-state index contributed by atoms with van der Waals surface area (Å²) >= 11 is 0. The van der Waals surface area contributed by atoms with Gasteiger partial charge in [0, 0.05) is 5.92 Å². The van der Waals surface area contributed by atoms with Crippen LogP contribution in [-0.2, 0) is 4.79 Å². The molecule has 0 aliphatic heterocycles. The van der Waals surface area contributed by atoms with Crippen LogP contribution in [0.1, 0.15) is 58.8 Å². The van der Waals surface area contributed by atoms with Crippen molar-refractivity contribution in [1.82, 2.24) is 0 Å². The molecular formula is C20H30O2. The Morgan fingerprint density at radius 1 is 1.27 bits per heavy atom. The van der Waals surface area contributed by atoms with Gasteiger partial charge in [-0.15, -0.1) is 6.58 Å². The summed E-state index contributed by atoms with van der Waals surface area (Å²) in [5, 5.41) is 9.86. The minimum atomic E-state index is -0.581. The molecule has 3 fully saturated rings. The molecule has 3 saturated carbocycles. The van der Waals surface area contributed by atoms with Crippen LogP contribution in [0.25, 0.3) is 0 Å². The van der Waals surface area contributed by atoms with Crippen LogP contribution in [-0.4, -0.2) is 11.1 Å². The number of hydrogen-bond donors (Lipinski definition) is 1. The zero-order chi connectivity index (χ0) is 16.1. The Labute approximate surface area is 134 Å². The van der Waals surface area contributed by atoms with E-state index < -0.39 is 11.4 Å². The number of allylic oxidation sites excluding steroid dienone is 2. The molecule has 0 aromatic carbocycles. The predicted octanol–water partition coefficient (Wildman–Crippen LogP) is 5.06. The number of carboxylic acids is 1. The van der Waals surface area contributed by atoms with Gasteiger partial charge in [0.25, 0.3) is 0 Å². The van der Waals surface area contributed by atoms with E-state index in [1.807, 2.05) is 6.92 Å². The van der Waals surface area contributed by atoms with Crippen LogP contribution >= 0.6 is 0 Å². The first-order valence-electron chi connectivity index (χ1n) is 8.88. The lowest BCUT2D eigenvalue weighted by Crippen LogP contribution is -2.56. The van der Waals surface area contributed by atoms with Gasteiger partial charge in [0.15, 0.2) is 0 Å². The van der Waals surface area contributed by atoms with E-state index in [4.69, 9.17) is 0 Å². The van der Waals surface area contributed by atoms with Gasteiger partial charge >= 0.3 is 5.97 Å². The summed E-state index contributed by atoms with van der Waals surface area (Å²) < 4.78 is 0. The molecule has 0 aromatic rings. The normalized spacial score (nSPS) is 48.2. The molecule has 0 spiro atoms. The predicted molar refractivity (Wildman–Crippen MR) is 89.5 cm³/mol. The molecule has 0 saturated heterocycles. The molecule has 0 amide bonds. The van der Waals surface area contributed by atoms with E-state index in [0.29, 0.717) is 23.7 Å². The Hall–Kier alpha value is -1.05. The quantitative estimate of drug-likeness (QED) is 0.724. The number of rotatable bonds is 2. The Kier molecular flexibility index (Phi) is 3.78. The highest BCUT2D eigenvalue weighted by atomic mass is 16.4. The van der Waals surface area contributed by atoms with Gasteiger partial charge in [-0.25, -0.2) is 0 Å². The highest BCUT2D eigenvalue weighted by Gasteiger charge is 2.59. The van der Waals surface area contributed by atoms with E-state index in [-0.39, 0.29) is 5.41 Å². The fraction of sp³-hybridized carbons (Fsp3) is 0.750. The highest BCUT2D eigenvalue weighted by molar-refractivity contribution is 5.75. The van der Waals surface area contributed by atoms with Gasteiger partial charge < -0.3 is 5.11 Å². The summed E-state index contributed by atoms with van der Waals surface area (Å²) in [6.45, 7) is 12.7. The molecule has 0 bridgehead atoms. The van der Waals surface area contributed by atoms with Crippen molar-refractivity contribution < 1.29 is 9.90 Å². The lowest BCUT2D eigenvalue weighted by atomic mass is 9.43. The van der Waals surface area contributed by atoms with Crippen LogP contribution in [0.5, 0.6) is 0 Å². The summed E-state index contributed by atoms with van der Waals surface area (Å²) in [5.41, 5.74) is 0.988. The summed E-state index contributed by atoms with van der Waals surface area (Å²) in [7, 11) is 0. The second-order valence-corrected chi connectivity index (χ2v) is 8.44. The first-order valence-corrected chi connectivity index (χ1v) is 8.88. The van der Waals surface area contributed by atoms with Crippen LogP contribution in [0.2, 0.25) is 0 Å². The van der Waals surface area contributed by atoms with E-state index in [9.17, 15) is 9.90 Å². The third kappa shape index (κ3) is 2.02. The van der Waals surface area contributed by atoms with Crippen molar-refractivity contribution in [3.8, 4) is 0 Å². The molecule has 3 aliphatic rings. The Morgan fingerprint density at radius 3 is 2.64 bits per heavy atom. The van der Waals surface area contributed by atoms with E-state index in [2.05, 4.69) is 26.2 Å². The van der Waals surface area contributed by atoms with Crippen molar-refractivity contribution in [3.63, 3.8) is 0 Å². The van der Waals surface area contributed by atoms with Gasteiger partial charge in [0.05, 0.1) is 5.41 Å². The molecule has 3 aliphatic carbocycles. The van der Waals surface area contributed by atoms with Crippen molar-refractivity contribution in [1.29, 1.82) is 0 Å². The van der Waals surface area contributed by atoms with Gasteiger partial charge in [-0.3, -0.25) is 4.79 Å². The van der Waals surface area contributed by atoms with Gasteiger partial charge in [-0.2, -0.15) is 0 Å². The Bertz CT molecular complexity index is 508. The van der Waals surface area contributed by atoms with Gasteiger partial charge in [-0.1, -0.05) is 31.6 Å². The van der Waals surface area contributed by atoms with Crippen LogP contribution in [0.3, 0.4) is 0 Å². The third-order valence-corrected chi connectivity index (χ3v) is 7.58. The van der Waals surface area contributed by atoms with Crippen molar-refractivity contribution in [2.24, 2.45) is 34.5 Å². The van der Waals surface area contributed by atoms with E-state index >= 15 is 0 Å². The summed E-state index contributed by atoms with van der Waals surface area (Å²) in [4.78, 5) is 12.0. The number of carbonyl (C=O) groups is 1. The third-order valence-electron chi connectivity index (χ3n) is 7.58. The highest BCUT2D eigenvalue weighted by Crippen LogP contribution is 2.65. The SMILES string of the molecule is C=CC1C(=C)CCC2C1CCC1C(C)(C(=O)O)CCCC21C. The summed E-state index contributed by atoms with van der Waals surface area (Å²) in [6, 6.07) is 0. The molecule has 0 aromatic heterocycles. The molecule has 6 atom stereocenters. The van der Waals surface area contributed by atoms with Crippen molar-refractivity contribution in [2.75, 3.05) is 0 Å². The monoisotopic (exact) mass is 302 g/mol. The standard InChI is InChI=1S/C20H30O2/c1-5-14-13(2)7-9-16-15(14)8-10-17-19(16,3)11-6-12-20(17,4)18(21)22/h5,14-17H,1-2,6-12H2,3-4H3,(H,21,22). The molecule has 1 N–H and O–H groups in total. The zero-order valence-electron chi connectivity index (χ0n) is 14.1. The number of hydrogen-bond acceptors (Lipinski definition) is 1. The molecule has 22 heavy (non-hydrogen) atoms. The molecular weight excluding hydrogens is 272 g/mol. The average Bonchev–Trinajstić information content (AvgIpc) is 2.46. The van der Waals surface area contributed by atoms with Crippen LogP contribution in [0, 0.1) is 34.5 Å². The largest absolute Gasteiger partial charge is 0.481 e. The van der Waals surface area contributed by atoms with Crippen molar-refractivity contribution in [3.05, 3.63) is 24.8 Å². The minimum Gasteiger partial charge on any atom is -0.481 e. The molecule has 0 radical (unpaired) electrons. The lowest BCUT2D eigenvalue weighted by Gasteiger charge is -2.61.